The van der Waals surface area contributed by atoms with E-state index < -0.39 is 0 Å². The van der Waals surface area contributed by atoms with Gasteiger partial charge in [0, 0.05) is 0 Å². The van der Waals surface area contributed by atoms with E-state index in [2.05, 4.69) is 69.2 Å². The first-order chi connectivity index (χ1) is 7.29. The van der Waals surface area contributed by atoms with Crippen LogP contribution in [-0.4, -0.2) is 22.6 Å². The van der Waals surface area contributed by atoms with Crippen molar-refractivity contribution in [1.29, 1.82) is 0 Å². The molecule has 0 N–H and O–H groups in total. The molecule has 2 heteroatoms. The van der Waals surface area contributed by atoms with Crippen molar-refractivity contribution in [2.24, 2.45) is 5.41 Å². The van der Waals surface area contributed by atoms with Crippen molar-refractivity contribution in [3.05, 3.63) is 0 Å². The Morgan fingerprint density at radius 1 is 0.706 bits per heavy atom. The molecule has 0 fully saturated rings. The molecule has 0 aromatic carbocycles. The highest BCUT2D eigenvalue weighted by Crippen LogP contribution is 2.81. The highest BCUT2D eigenvalue weighted by molar-refractivity contribution is 8.31. The van der Waals surface area contributed by atoms with Gasteiger partial charge in [0.25, 0.3) is 0 Å². The monoisotopic (exact) mass is 276 g/mol. The molecule has 0 saturated heterocycles. The topological polar surface area (TPSA) is 0 Å². The van der Waals surface area contributed by atoms with E-state index in [4.69, 9.17) is 0 Å². The normalized spacial score (nSPS) is 16.4. The van der Waals surface area contributed by atoms with E-state index in [0.29, 0.717) is 15.7 Å². The van der Waals surface area contributed by atoms with Crippen LogP contribution in [0.4, 0.5) is 0 Å². The minimum atomic E-state index is 0.0942. The zero-order valence-corrected chi connectivity index (χ0v) is 15.6. The van der Waals surface area contributed by atoms with Crippen LogP contribution < -0.4 is 0 Å². The van der Waals surface area contributed by atoms with Crippen LogP contribution in [0.2, 0.25) is 0 Å². The number of hydrogen-bond donors (Lipinski definition) is 0. The standard InChI is InChI=1S/C15H34P2/c1-11-16(12-13(2,3)4)17(14(5,6)7)15(8,9)10/h11-12H2,1-10H3. The molecule has 0 aromatic rings. The molecular formula is C15H34P2. The molecule has 0 spiro atoms. The number of rotatable bonds is 3. The van der Waals surface area contributed by atoms with Crippen LogP contribution in [0, 0.1) is 5.41 Å². The maximum absolute atomic E-state index is 2.46. The predicted octanol–water partition coefficient (Wildman–Crippen LogP) is 6.53. The first-order valence-electron chi connectivity index (χ1n) is 6.84. The zero-order valence-electron chi connectivity index (χ0n) is 13.8. The van der Waals surface area contributed by atoms with Crippen molar-refractivity contribution in [2.45, 2.75) is 79.5 Å². The summed E-state index contributed by atoms with van der Waals surface area (Å²) in [7, 11) is 0.273. The maximum atomic E-state index is 2.46. The minimum absolute atomic E-state index is 0.0942. The lowest BCUT2D eigenvalue weighted by Crippen LogP contribution is -2.26. The summed E-state index contributed by atoms with van der Waals surface area (Å²) in [5.41, 5.74) is 0.485. The Morgan fingerprint density at radius 2 is 1.06 bits per heavy atom. The molecular weight excluding hydrogens is 242 g/mol. The molecule has 0 amide bonds. The summed E-state index contributed by atoms with van der Waals surface area (Å²) in [6.45, 7) is 24.3. The smallest absolute Gasteiger partial charge is 0.0136 e. The first kappa shape index (κ1) is 17.9. The Morgan fingerprint density at radius 3 is 1.24 bits per heavy atom. The van der Waals surface area contributed by atoms with Gasteiger partial charge in [-0.15, -0.1) is 0 Å². The quantitative estimate of drug-likeness (QED) is 0.514. The van der Waals surface area contributed by atoms with Gasteiger partial charge in [-0.1, -0.05) is 84.5 Å². The average molecular weight is 276 g/mol. The lowest BCUT2D eigenvalue weighted by Gasteiger charge is -2.48. The molecule has 0 aliphatic carbocycles. The molecule has 0 bridgehead atoms. The molecule has 104 valence electrons. The zero-order chi connectivity index (χ0) is 14.1. The van der Waals surface area contributed by atoms with Gasteiger partial charge in [0.2, 0.25) is 0 Å². The Hall–Kier alpha value is 0.860. The van der Waals surface area contributed by atoms with Gasteiger partial charge >= 0.3 is 0 Å². The molecule has 0 aliphatic rings. The molecule has 0 nitrogen and oxygen atoms in total. The van der Waals surface area contributed by atoms with Gasteiger partial charge in [0.15, 0.2) is 0 Å². The van der Waals surface area contributed by atoms with Crippen LogP contribution in [0.5, 0.6) is 0 Å². The average Bonchev–Trinajstić information content (AvgIpc) is 1.94. The van der Waals surface area contributed by atoms with E-state index >= 15 is 0 Å². The van der Waals surface area contributed by atoms with E-state index in [1.165, 1.54) is 12.3 Å². The maximum Gasteiger partial charge on any atom is -0.0136 e. The molecule has 0 heterocycles. The molecule has 0 aromatic heterocycles. The molecule has 1 unspecified atom stereocenters. The van der Waals surface area contributed by atoms with Crippen LogP contribution in [0.15, 0.2) is 0 Å². The Balaban J connectivity index is 5.15. The second-order valence-electron chi connectivity index (χ2n) is 8.19. The minimum Gasteiger partial charge on any atom is -0.0797 e. The van der Waals surface area contributed by atoms with Gasteiger partial charge in [-0.25, -0.2) is 0 Å². The van der Waals surface area contributed by atoms with Crippen molar-refractivity contribution in [3.63, 3.8) is 0 Å². The molecule has 1 atom stereocenters. The Kier molecular flexibility index (Phi) is 6.18. The van der Waals surface area contributed by atoms with Crippen molar-refractivity contribution in [3.8, 4) is 0 Å². The highest BCUT2D eigenvalue weighted by Gasteiger charge is 2.40. The second kappa shape index (κ2) is 5.88. The van der Waals surface area contributed by atoms with Crippen LogP contribution in [-0.2, 0) is 0 Å². The predicted molar refractivity (Wildman–Crippen MR) is 88.2 cm³/mol. The van der Waals surface area contributed by atoms with E-state index in [9.17, 15) is 0 Å². The van der Waals surface area contributed by atoms with Crippen LogP contribution >= 0.6 is 15.2 Å². The Labute approximate surface area is 113 Å². The summed E-state index contributed by atoms with van der Waals surface area (Å²) in [5.74, 6) is 0. The fourth-order valence-electron chi connectivity index (χ4n) is 2.73. The summed E-state index contributed by atoms with van der Waals surface area (Å²) >= 11 is 0. The molecule has 0 rings (SSSR count). The van der Waals surface area contributed by atoms with Crippen molar-refractivity contribution in [1.82, 2.24) is 0 Å². The van der Waals surface area contributed by atoms with Gasteiger partial charge in [0.1, 0.15) is 0 Å². The van der Waals surface area contributed by atoms with Crippen LogP contribution in [0.3, 0.4) is 0 Å². The van der Waals surface area contributed by atoms with Gasteiger partial charge in [-0.3, -0.25) is 0 Å². The summed E-state index contributed by atoms with van der Waals surface area (Å²) in [4.78, 5) is 0. The van der Waals surface area contributed by atoms with Crippen LogP contribution in [0.1, 0.15) is 69.2 Å². The third kappa shape index (κ3) is 6.54. The SMILES string of the molecule is CCP(CC(C)(C)C)P(C(C)(C)C)C(C)(C)C. The lowest BCUT2D eigenvalue weighted by atomic mass is 10.0. The molecule has 0 aliphatic heterocycles. The van der Waals surface area contributed by atoms with Gasteiger partial charge in [-0.2, -0.15) is 0 Å². The van der Waals surface area contributed by atoms with E-state index in [0.717, 1.165) is 0 Å². The van der Waals surface area contributed by atoms with Gasteiger partial charge in [-0.05, 0) is 28.1 Å². The first-order valence-corrected chi connectivity index (χ1v) is 10.6. The van der Waals surface area contributed by atoms with Crippen molar-refractivity contribution >= 4 is 15.2 Å². The molecule has 0 saturated carbocycles. The summed E-state index contributed by atoms with van der Waals surface area (Å²) in [5, 5.41) is 0.973. The fraction of sp³-hybridized carbons (Fsp3) is 1.00. The second-order valence-corrected chi connectivity index (χ2v) is 16.4. The Bertz CT molecular complexity index is 211. The van der Waals surface area contributed by atoms with E-state index in [-0.39, 0.29) is 15.2 Å². The third-order valence-electron chi connectivity index (χ3n) is 2.58. The van der Waals surface area contributed by atoms with E-state index in [1.807, 2.05) is 0 Å². The third-order valence-corrected chi connectivity index (χ3v) is 14.3. The summed E-state index contributed by atoms with van der Waals surface area (Å²) < 4.78 is 0. The van der Waals surface area contributed by atoms with E-state index in [1.54, 1.807) is 0 Å². The number of hydrogen-bond acceptors (Lipinski definition) is 0. The molecule has 17 heavy (non-hydrogen) atoms. The molecule has 0 radical (unpaired) electrons. The van der Waals surface area contributed by atoms with Gasteiger partial charge in [0.05, 0.1) is 0 Å². The van der Waals surface area contributed by atoms with Crippen molar-refractivity contribution in [2.75, 3.05) is 12.3 Å². The summed E-state index contributed by atoms with van der Waals surface area (Å²) in [6.07, 6.45) is 2.83. The van der Waals surface area contributed by atoms with Crippen molar-refractivity contribution < 1.29 is 0 Å². The van der Waals surface area contributed by atoms with Gasteiger partial charge < -0.3 is 0 Å². The van der Waals surface area contributed by atoms with Crippen LogP contribution in [0.25, 0.3) is 0 Å². The lowest BCUT2D eigenvalue weighted by molar-refractivity contribution is 0.478. The fourth-order valence-corrected chi connectivity index (χ4v) is 15.8. The largest absolute Gasteiger partial charge is 0.0797 e. The summed E-state index contributed by atoms with van der Waals surface area (Å²) in [6, 6.07) is 0. The highest BCUT2D eigenvalue weighted by atomic mass is 32.1.